The molecule has 4 aromatic rings. The number of halogens is 3. The molecule has 1 saturated heterocycles. The molecule has 0 saturated carbocycles. The van der Waals surface area contributed by atoms with Gasteiger partial charge in [-0.15, -0.1) is 24.8 Å². The molecule has 46 heavy (non-hydrogen) atoms. The summed E-state index contributed by atoms with van der Waals surface area (Å²) in [4.78, 5) is 31.7. The number of rotatable bonds is 11. The average molecular weight is 727 g/mol. The number of nitrogens with zero attached hydrogens (tertiary/aromatic N) is 2. The van der Waals surface area contributed by atoms with Crippen molar-refractivity contribution in [1.82, 2.24) is 15.1 Å². The number of carbonyl (C=O) groups excluding carboxylic acids is 2. The van der Waals surface area contributed by atoms with Crippen molar-refractivity contribution in [2.45, 2.75) is 44.8 Å². The summed E-state index contributed by atoms with van der Waals surface area (Å²) >= 11 is 3.51. The Hall–Kier alpha value is -3.20. The summed E-state index contributed by atoms with van der Waals surface area (Å²) in [7, 11) is 0. The lowest BCUT2D eigenvalue weighted by molar-refractivity contribution is -0.136. The van der Waals surface area contributed by atoms with Crippen LogP contribution in [0.1, 0.15) is 52.9 Å². The Bertz CT molecular complexity index is 1550. The second-order valence-corrected chi connectivity index (χ2v) is 12.4. The van der Waals surface area contributed by atoms with Crippen molar-refractivity contribution in [1.29, 1.82) is 0 Å². The highest BCUT2D eigenvalue weighted by molar-refractivity contribution is 9.10. The number of benzene rings is 4. The summed E-state index contributed by atoms with van der Waals surface area (Å²) in [6.45, 7) is 5.75. The minimum atomic E-state index is -0.141. The molecule has 3 N–H and O–H groups in total. The first-order valence-corrected chi connectivity index (χ1v) is 16.2. The summed E-state index contributed by atoms with van der Waals surface area (Å²) in [6.07, 6.45) is 2.20. The van der Waals surface area contributed by atoms with E-state index in [-0.39, 0.29) is 48.7 Å². The minimum absolute atomic E-state index is 0. The molecule has 0 spiro atoms. The molecule has 1 heterocycles. The molecule has 0 aromatic heterocycles. The van der Waals surface area contributed by atoms with Crippen LogP contribution in [0.2, 0.25) is 0 Å². The zero-order valence-corrected chi connectivity index (χ0v) is 29.3. The Morgan fingerprint density at radius 1 is 0.891 bits per heavy atom. The van der Waals surface area contributed by atoms with Gasteiger partial charge in [0.2, 0.25) is 5.91 Å². The number of nitrogens with two attached hydrogens (primary N) is 1. The van der Waals surface area contributed by atoms with Gasteiger partial charge in [0, 0.05) is 48.8 Å². The molecule has 0 aliphatic carbocycles. The maximum Gasteiger partial charge on any atom is 0.251 e. The molecule has 0 bridgehead atoms. The predicted octanol–water partition coefficient (Wildman–Crippen LogP) is 7.45. The first-order chi connectivity index (χ1) is 21.4. The fourth-order valence-corrected chi connectivity index (χ4v) is 6.41. The summed E-state index contributed by atoms with van der Waals surface area (Å²) in [6, 6.07) is 34.5. The Labute approximate surface area is 293 Å². The van der Waals surface area contributed by atoms with E-state index in [1.165, 1.54) is 5.56 Å². The Morgan fingerprint density at radius 3 is 2.26 bits per heavy atom. The number of hydrogen-bond donors (Lipinski definition) is 2. The van der Waals surface area contributed by atoms with Gasteiger partial charge in [0.05, 0.1) is 12.5 Å². The highest BCUT2D eigenvalue weighted by Crippen LogP contribution is 2.32. The fourth-order valence-electron chi connectivity index (χ4n) is 6.14. The molecular formula is C37H43BrCl2N4O2. The zero-order valence-electron chi connectivity index (χ0n) is 26.1. The third-order valence-electron chi connectivity index (χ3n) is 8.45. The van der Waals surface area contributed by atoms with Crippen molar-refractivity contribution >= 4 is 52.6 Å². The van der Waals surface area contributed by atoms with Crippen LogP contribution in [-0.2, 0) is 17.8 Å². The lowest BCUT2D eigenvalue weighted by Gasteiger charge is -2.42. The van der Waals surface area contributed by atoms with E-state index in [0.29, 0.717) is 25.1 Å². The van der Waals surface area contributed by atoms with Crippen LogP contribution in [-0.4, -0.2) is 53.8 Å². The second-order valence-electron chi connectivity index (χ2n) is 11.5. The molecule has 1 unspecified atom stereocenters. The summed E-state index contributed by atoms with van der Waals surface area (Å²) in [5, 5.41) is 2.89. The van der Waals surface area contributed by atoms with Crippen LogP contribution in [0.4, 0.5) is 0 Å². The molecule has 244 valence electrons. The van der Waals surface area contributed by atoms with Crippen molar-refractivity contribution in [2.75, 3.05) is 26.2 Å². The smallest absolute Gasteiger partial charge is 0.251 e. The van der Waals surface area contributed by atoms with Gasteiger partial charge in [-0.1, -0.05) is 94.8 Å². The van der Waals surface area contributed by atoms with E-state index >= 15 is 0 Å². The monoisotopic (exact) mass is 724 g/mol. The average Bonchev–Trinajstić information content (AvgIpc) is 3.06. The van der Waals surface area contributed by atoms with Crippen molar-refractivity contribution in [3.8, 4) is 11.1 Å². The normalized spacial score (nSPS) is 14.0. The Balaban J connectivity index is 0.00000288. The van der Waals surface area contributed by atoms with E-state index < -0.39 is 0 Å². The Kier molecular flexibility index (Phi) is 14.8. The molecular weight excluding hydrogens is 683 g/mol. The molecule has 1 aliphatic heterocycles. The van der Waals surface area contributed by atoms with E-state index in [4.69, 9.17) is 5.73 Å². The van der Waals surface area contributed by atoms with Crippen LogP contribution in [0.15, 0.2) is 108 Å². The summed E-state index contributed by atoms with van der Waals surface area (Å²) in [5.74, 6) is -0.00800. The van der Waals surface area contributed by atoms with Gasteiger partial charge in [-0.05, 0) is 71.8 Å². The van der Waals surface area contributed by atoms with Crippen LogP contribution >= 0.6 is 40.7 Å². The van der Waals surface area contributed by atoms with Crippen LogP contribution < -0.4 is 11.1 Å². The maximum atomic E-state index is 14.1. The lowest BCUT2D eigenvalue weighted by atomic mass is 9.93. The molecule has 9 heteroatoms. The number of piperidine rings is 1. The van der Waals surface area contributed by atoms with E-state index in [1.807, 2.05) is 60.7 Å². The fraction of sp³-hybridized carbons (Fsp3) is 0.297. The van der Waals surface area contributed by atoms with Crippen molar-refractivity contribution in [2.24, 2.45) is 5.73 Å². The SMILES string of the molecule is CC(c1cccc(-c2ccccc2C(=O)NCCN)c1)N(C(=O)Cc1ccc(Br)cc1)C1CCN(Cc2ccccc2)CC1.Cl.Cl. The van der Waals surface area contributed by atoms with Gasteiger partial charge < -0.3 is 16.0 Å². The van der Waals surface area contributed by atoms with Gasteiger partial charge in [-0.3, -0.25) is 14.5 Å². The second kappa shape index (κ2) is 18.2. The lowest BCUT2D eigenvalue weighted by Crippen LogP contribution is -2.48. The van der Waals surface area contributed by atoms with E-state index in [9.17, 15) is 9.59 Å². The number of likely N-dealkylation sites (tertiary alicyclic amines) is 1. The van der Waals surface area contributed by atoms with Gasteiger partial charge >= 0.3 is 0 Å². The molecule has 0 radical (unpaired) electrons. The van der Waals surface area contributed by atoms with Gasteiger partial charge in [0.1, 0.15) is 0 Å². The maximum absolute atomic E-state index is 14.1. The summed E-state index contributed by atoms with van der Waals surface area (Å²) in [5.41, 5.74) is 11.4. The number of nitrogens with one attached hydrogen (secondary N) is 1. The molecule has 4 aromatic carbocycles. The summed E-state index contributed by atoms with van der Waals surface area (Å²) < 4.78 is 0.999. The van der Waals surface area contributed by atoms with E-state index in [2.05, 4.69) is 80.4 Å². The van der Waals surface area contributed by atoms with E-state index in [1.54, 1.807) is 0 Å². The standard InChI is InChI=1S/C37H41BrN4O2.2ClH/c1-27(30-10-7-11-31(25-30)34-12-5-6-13-35(34)37(44)40-21-20-39)42(36(43)24-28-14-16-32(38)17-15-28)33-18-22-41(23-19-33)26-29-8-3-2-4-9-29;;/h2-17,25,27,33H,18-24,26,39H2,1H3,(H,40,44);2*1H. The quantitative estimate of drug-likeness (QED) is 0.169. The van der Waals surface area contributed by atoms with E-state index in [0.717, 1.165) is 59.2 Å². The van der Waals surface area contributed by atoms with Crippen molar-refractivity contribution in [3.63, 3.8) is 0 Å². The van der Waals surface area contributed by atoms with Crippen LogP contribution in [0.5, 0.6) is 0 Å². The molecule has 1 aliphatic rings. The first-order valence-electron chi connectivity index (χ1n) is 15.4. The van der Waals surface area contributed by atoms with Gasteiger partial charge in [0.15, 0.2) is 0 Å². The zero-order chi connectivity index (χ0) is 30.9. The third-order valence-corrected chi connectivity index (χ3v) is 8.98. The first kappa shape index (κ1) is 37.3. The molecule has 1 atom stereocenters. The van der Waals surface area contributed by atoms with Crippen LogP contribution in [0.25, 0.3) is 11.1 Å². The van der Waals surface area contributed by atoms with Gasteiger partial charge in [-0.25, -0.2) is 0 Å². The number of hydrogen-bond acceptors (Lipinski definition) is 4. The largest absolute Gasteiger partial charge is 0.351 e. The highest BCUT2D eigenvalue weighted by atomic mass is 79.9. The topological polar surface area (TPSA) is 78.7 Å². The molecule has 1 fully saturated rings. The molecule has 2 amide bonds. The number of amides is 2. The minimum Gasteiger partial charge on any atom is -0.351 e. The van der Waals surface area contributed by atoms with Gasteiger partial charge in [-0.2, -0.15) is 0 Å². The third kappa shape index (κ3) is 9.66. The van der Waals surface area contributed by atoms with Gasteiger partial charge in [0.25, 0.3) is 5.91 Å². The van der Waals surface area contributed by atoms with Crippen LogP contribution in [0, 0.1) is 0 Å². The van der Waals surface area contributed by atoms with Crippen molar-refractivity contribution in [3.05, 3.63) is 130 Å². The Morgan fingerprint density at radius 2 is 1.57 bits per heavy atom. The molecule has 5 rings (SSSR count). The highest BCUT2D eigenvalue weighted by Gasteiger charge is 2.32. The molecule has 6 nitrogen and oxygen atoms in total. The predicted molar refractivity (Wildman–Crippen MR) is 196 cm³/mol. The number of carbonyl (C=O) groups is 2. The van der Waals surface area contributed by atoms with Crippen molar-refractivity contribution < 1.29 is 9.59 Å². The van der Waals surface area contributed by atoms with Crippen LogP contribution in [0.3, 0.4) is 0 Å².